The number of likely N-dealkylation sites (tertiary alicyclic amines) is 1. The maximum atomic E-state index is 12.2. The van der Waals surface area contributed by atoms with Crippen molar-refractivity contribution in [2.24, 2.45) is 5.92 Å². The average Bonchev–Trinajstić information content (AvgIpc) is 2.84. The monoisotopic (exact) mass is 288 g/mol. The molecule has 0 spiro atoms. The zero-order valence-electron chi connectivity index (χ0n) is 13.6. The van der Waals surface area contributed by atoms with Gasteiger partial charge in [0.1, 0.15) is 0 Å². The van der Waals surface area contributed by atoms with Gasteiger partial charge in [0.05, 0.1) is 6.04 Å². The van der Waals surface area contributed by atoms with Crippen molar-refractivity contribution in [1.82, 2.24) is 10.2 Å². The fraction of sp³-hybridized carbons (Fsp3) is 0.611. The molecule has 0 aromatic heterocycles. The van der Waals surface area contributed by atoms with Crippen LogP contribution in [-0.2, 0) is 4.79 Å². The zero-order valence-corrected chi connectivity index (χ0v) is 13.6. The van der Waals surface area contributed by atoms with Crippen LogP contribution >= 0.6 is 0 Å². The maximum Gasteiger partial charge on any atom is 0.222 e. The SMILES string of the molecule is CCCNC(CN1CC(CC)CC1=O)c1ccccc1C. The van der Waals surface area contributed by atoms with E-state index < -0.39 is 0 Å². The fourth-order valence-corrected chi connectivity index (χ4v) is 3.09. The Morgan fingerprint density at radius 3 is 2.71 bits per heavy atom. The second-order valence-corrected chi connectivity index (χ2v) is 6.14. The van der Waals surface area contributed by atoms with Gasteiger partial charge in [-0.1, -0.05) is 44.5 Å². The van der Waals surface area contributed by atoms with E-state index in [1.165, 1.54) is 11.1 Å². The van der Waals surface area contributed by atoms with E-state index in [1.807, 2.05) is 4.90 Å². The van der Waals surface area contributed by atoms with Crippen LogP contribution in [0.2, 0.25) is 0 Å². The summed E-state index contributed by atoms with van der Waals surface area (Å²) in [5, 5.41) is 3.61. The van der Waals surface area contributed by atoms with Crippen LogP contribution < -0.4 is 5.32 Å². The minimum Gasteiger partial charge on any atom is -0.340 e. The van der Waals surface area contributed by atoms with E-state index in [0.717, 1.165) is 38.9 Å². The molecule has 3 heteroatoms. The number of aryl methyl sites for hydroxylation is 1. The van der Waals surface area contributed by atoms with E-state index in [9.17, 15) is 4.79 Å². The Labute approximate surface area is 128 Å². The minimum atomic E-state index is 0.241. The van der Waals surface area contributed by atoms with Crippen molar-refractivity contribution < 1.29 is 4.79 Å². The van der Waals surface area contributed by atoms with E-state index in [1.54, 1.807) is 0 Å². The molecule has 21 heavy (non-hydrogen) atoms. The second kappa shape index (κ2) is 7.60. The summed E-state index contributed by atoms with van der Waals surface area (Å²) in [6.07, 6.45) is 2.93. The third-order valence-electron chi connectivity index (χ3n) is 4.48. The highest BCUT2D eigenvalue weighted by molar-refractivity contribution is 5.78. The van der Waals surface area contributed by atoms with E-state index in [0.29, 0.717) is 11.8 Å². The average molecular weight is 288 g/mol. The number of hydrogen-bond donors (Lipinski definition) is 1. The first-order valence-electron chi connectivity index (χ1n) is 8.22. The Balaban J connectivity index is 2.10. The molecule has 0 bridgehead atoms. The number of benzene rings is 1. The second-order valence-electron chi connectivity index (χ2n) is 6.14. The molecule has 3 nitrogen and oxygen atoms in total. The third-order valence-corrected chi connectivity index (χ3v) is 4.48. The molecule has 1 saturated heterocycles. The summed E-state index contributed by atoms with van der Waals surface area (Å²) < 4.78 is 0. The van der Waals surface area contributed by atoms with Crippen LogP contribution in [0.1, 0.15) is 50.3 Å². The summed E-state index contributed by atoms with van der Waals surface area (Å²) in [4.78, 5) is 14.2. The number of nitrogens with zero attached hydrogens (tertiary/aromatic N) is 1. The first-order valence-corrected chi connectivity index (χ1v) is 8.22. The largest absolute Gasteiger partial charge is 0.340 e. The third kappa shape index (κ3) is 4.07. The highest BCUT2D eigenvalue weighted by atomic mass is 16.2. The lowest BCUT2D eigenvalue weighted by atomic mass is 10.0. The molecule has 1 heterocycles. The van der Waals surface area contributed by atoms with Gasteiger partial charge in [0.25, 0.3) is 0 Å². The molecule has 0 saturated carbocycles. The van der Waals surface area contributed by atoms with Gasteiger partial charge in [0, 0.05) is 19.5 Å². The molecular weight excluding hydrogens is 260 g/mol. The van der Waals surface area contributed by atoms with Gasteiger partial charge < -0.3 is 10.2 Å². The Bertz CT molecular complexity index is 472. The van der Waals surface area contributed by atoms with Crippen molar-refractivity contribution in [2.45, 2.75) is 46.1 Å². The predicted octanol–water partition coefficient (Wildman–Crippen LogP) is 3.29. The minimum absolute atomic E-state index is 0.241. The van der Waals surface area contributed by atoms with Gasteiger partial charge in [-0.2, -0.15) is 0 Å². The number of amides is 1. The van der Waals surface area contributed by atoms with Crippen LogP contribution in [0.3, 0.4) is 0 Å². The molecule has 1 aromatic rings. The molecule has 1 amide bonds. The molecule has 2 atom stereocenters. The van der Waals surface area contributed by atoms with Crippen LogP contribution in [0.15, 0.2) is 24.3 Å². The first kappa shape index (κ1) is 16.0. The van der Waals surface area contributed by atoms with E-state index in [2.05, 4.69) is 50.4 Å². The van der Waals surface area contributed by atoms with Gasteiger partial charge in [-0.15, -0.1) is 0 Å². The molecule has 116 valence electrons. The van der Waals surface area contributed by atoms with Gasteiger partial charge in [-0.25, -0.2) is 0 Å². The summed E-state index contributed by atoms with van der Waals surface area (Å²) in [6, 6.07) is 8.73. The topological polar surface area (TPSA) is 32.3 Å². The van der Waals surface area contributed by atoms with Crippen molar-refractivity contribution in [1.29, 1.82) is 0 Å². The van der Waals surface area contributed by atoms with Gasteiger partial charge in [-0.05, 0) is 36.9 Å². The summed E-state index contributed by atoms with van der Waals surface area (Å²) in [6.45, 7) is 9.20. The molecule has 2 unspecified atom stereocenters. The van der Waals surface area contributed by atoms with Gasteiger partial charge in [0.2, 0.25) is 5.91 Å². The van der Waals surface area contributed by atoms with Crippen molar-refractivity contribution in [2.75, 3.05) is 19.6 Å². The molecule has 0 aliphatic carbocycles. The number of hydrogen-bond acceptors (Lipinski definition) is 2. The Morgan fingerprint density at radius 2 is 2.10 bits per heavy atom. The molecule has 1 aliphatic heterocycles. The van der Waals surface area contributed by atoms with E-state index in [4.69, 9.17) is 0 Å². The van der Waals surface area contributed by atoms with Crippen LogP contribution in [0.4, 0.5) is 0 Å². The van der Waals surface area contributed by atoms with Crippen LogP contribution in [0, 0.1) is 12.8 Å². The van der Waals surface area contributed by atoms with Crippen LogP contribution in [0.5, 0.6) is 0 Å². The summed E-state index contributed by atoms with van der Waals surface area (Å²) in [5.41, 5.74) is 2.61. The summed E-state index contributed by atoms with van der Waals surface area (Å²) >= 11 is 0. The van der Waals surface area contributed by atoms with Gasteiger partial charge >= 0.3 is 0 Å². The Morgan fingerprint density at radius 1 is 1.33 bits per heavy atom. The number of rotatable bonds is 7. The van der Waals surface area contributed by atoms with Gasteiger partial charge in [-0.3, -0.25) is 4.79 Å². The van der Waals surface area contributed by atoms with Crippen molar-refractivity contribution in [3.63, 3.8) is 0 Å². The molecule has 0 radical (unpaired) electrons. The molecule has 1 fully saturated rings. The van der Waals surface area contributed by atoms with E-state index in [-0.39, 0.29) is 6.04 Å². The highest BCUT2D eigenvalue weighted by Gasteiger charge is 2.30. The molecule has 1 N–H and O–H groups in total. The Hall–Kier alpha value is -1.35. The molecule has 1 aliphatic rings. The predicted molar refractivity (Wildman–Crippen MR) is 87.2 cm³/mol. The Kier molecular flexibility index (Phi) is 5.80. The summed E-state index contributed by atoms with van der Waals surface area (Å²) in [7, 11) is 0. The molecule has 2 rings (SSSR count). The lowest BCUT2D eigenvalue weighted by molar-refractivity contribution is -0.128. The fourth-order valence-electron chi connectivity index (χ4n) is 3.09. The molecular formula is C18H28N2O. The quantitative estimate of drug-likeness (QED) is 0.835. The zero-order chi connectivity index (χ0) is 15.2. The van der Waals surface area contributed by atoms with Crippen LogP contribution in [-0.4, -0.2) is 30.4 Å². The number of nitrogens with one attached hydrogen (secondary N) is 1. The standard InChI is InChI=1S/C18H28N2O/c1-4-10-19-17(16-9-7-6-8-14(16)3)13-20-12-15(5-2)11-18(20)21/h6-9,15,17,19H,4-5,10-13H2,1-3H3. The van der Waals surface area contributed by atoms with Crippen molar-refractivity contribution >= 4 is 5.91 Å². The highest BCUT2D eigenvalue weighted by Crippen LogP contribution is 2.25. The lowest BCUT2D eigenvalue weighted by Gasteiger charge is -2.26. The number of carbonyl (C=O) groups excluding carboxylic acids is 1. The first-order chi connectivity index (χ1) is 10.2. The smallest absolute Gasteiger partial charge is 0.222 e. The summed E-state index contributed by atoms with van der Waals surface area (Å²) in [5.74, 6) is 0.861. The van der Waals surface area contributed by atoms with E-state index >= 15 is 0 Å². The van der Waals surface area contributed by atoms with Crippen molar-refractivity contribution in [3.8, 4) is 0 Å². The molecule has 1 aromatic carbocycles. The van der Waals surface area contributed by atoms with Crippen molar-refractivity contribution in [3.05, 3.63) is 35.4 Å². The maximum absolute atomic E-state index is 12.2. The number of carbonyl (C=O) groups is 1. The van der Waals surface area contributed by atoms with Crippen LogP contribution in [0.25, 0.3) is 0 Å². The normalized spacial score (nSPS) is 20.0. The van der Waals surface area contributed by atoms with Gasteiger partial charge in [0.15, 0.2) is 0 Å². The lowest BCUT2D eigenvalue weighted by Crippen LogP contribution is -2.36.